The lowest BCUT2D eigenvalue weighted by Gasteiger charge is -2.00. The first-order valence-corrected chi connectivity index (χ1v) is 5.07. The van der Waals surface area contributed by atoms with Gasteiger partial charge in [-0.15, -0.1) is 0 Å². The second-order valence-corrected chi connectivity index (χ2v) is 3.96. The Kier molecular flexibility index (Phi) is 2.49. The number of aryl methyl sites for hydroxylation is 1. The summed E-state index contributed by atoms with van der Waals surface area (Å²) >= 11 is 6.02. The van der Waals surface area contributed by atoms with Crippen molar-refractivity contribution in [3.8, 4) is 0 Å². The Hall–Kier alpha value is -1.35. The van der Waals surface area contributed by atoms with E-state index in [1.54, 1.807) is 11.6 Å². The molecule has 0 aliphatic carbocycles. The summed E-state index contributed by atoms with van der Waals surface area (Å²) in [5, 5.41) is 5.48. The van der Waals surface area contributed by atoms with Crippen molar-refractivity contribution in [1.29, 1.82) is 0 Å². The normalized spacial score (nSPS) is 10.9. The van der Waals surface area contributed by atoms with E-state index < -0.39 is 0 Å². The first kappa shape index (κ1) is 10.2. The van der Waals surface area contributed by atoms with E-state index in [-0.39, 0.29) is 5.78 Å². The van der Waals surface area contributed by atoms with Crippen LogP contribution in [0.2, 0.25) is 5.15 Å². The highest BCUT2D eigenvalue weighted by Gasteiger charge is 2.11. The fraction of sp³-hybridized carbons (Fsp3) is 0.273. The van der Waals surface area contributed by atoms with Crippen LogP contribution in [0.3, 0.4) is 0 Å². The third-order valence-electron chi connectivity index (χ3n) is 2.36. The van der Waals surface area contributed by atoms with Crippen LogP contribution >= 0.6 is 11.6 Å². The van der Waals surface area contributed by atoms with Crippen molar-refractivity contribution in [1.82, 2.24) is 9.78 Å². The van der Waals surface area contributed by atoms with E-state index in [0.29, 0.717) is 11.6 Å². The van der Waals surface area contributed by atoms with Crippen molar-refractivity contribution >= 4 is 28.3 Å². The molecule has 4 heteroatoms. The molecule has 0 aliphatic heterocycles. The Morgan fingerprint density at radius 2 is 2.27 bits per heavy atom. The summed E-state index contributed by atoms with van der Waals surface area (Å²) in [4.78, 5) is 11.1. The zero-order chi connectivity index (χ0) is 11.0. The van der Waals surface area contributed by atoms with Gasteiger partial charge in [0.1, 0.15) is 5.78 Å². The van der Waals surface area contributed by atoms with Crippen LogP contribution in [0.25, 0.3) is 10.9 Å². The van der Waals surface area contributed by atoms with Gasteiger partial charge in [-0.1, -0.05) is 23.7 Å². The summed E-state index contributed by atoms with van der Waals surface area (Å²) < 4.78 is 1.72. The monoisotopic (exact) mass is 222 g/mol. The van der Waals surface area contributed by atoms with E-state index in [1.807, 2.05) is 25.2 Å². The number of rotatable bonds is 2. The van der Waals surface area contributed by atoms with Crippen LogP contribution in [0.4, 0.5) is 0 Å². The van der Waals surface area contributed by atoms with E-state index in [1.165, 1.54) is 0 Å². The number of Topliss-reactive ketones (excluding diaryl/α,β-unsaturated/α-hetero) is 1. The zero-order valence-electron chi connectivity index (χ0n) is 8.62. The largest absolute Gasteiger partial charge is 0.300 e. The molecule has 1 aromatic carbocycles. The molecule has 0 amide bonds. The second-order valence-electron chi connectivity index (χ2n) is 3.60. The lowest BCUT2D eigenvalue weighted by atomic mass is 10.1. The van der Waals surface area contributed by atoms with Crippen LogP contribution in [0.1, 0.15) is 12.5 Å². The molecule has 0 fully saturated rings. The summed E-state index contributed by atoms with van der Waals surface area (Å²) in [6, 6.07) is 5.77. The first-order valence-electron chi connectivity index (χ1n) is 4.69. The van der Waals surface area contributed by atoms with Crippen LogP contribution < -0.4 is 0 Å². The fourth-order valence-electron chi connectivity index (χ4n) is 1.75. The molecule has 1 heterocycles. The SMILES string of the molecule is CC(=O)Cc1cccc2c1c(Cl)nn2C. The maximum atomic E-state index is 11.1. The van der Waals surface area contributed by atoms with E-state index in [4.69, 9.17) is 11.6 Å². The highest BCUT2D eigenvalue weighted by Crippen LogP contribution is 2.26. The second kappa shape index (κ2) is 3.66. The Bertz CT molecular complexity index is 531. The van der Waals surface area contributed by atoms with Crippen LogP contribution in [-0.2, 0) is 18.3 Å². The molecule has 0 N–H and O–H groups in total. The summed E-state index contributed by atoms with van der Waals surface area (Å²) in [5.41, 5.74) is 1.90. The van der Waals surface area contributed by atoms with Crippen molar-refractivity contribution in [3.63, 3.8) is 0 Å². The van der Waals surface area contributed by atoms with Crippen LogP contribution in [0.5, 0.6) is 0 Å². The number of fused-ring (bicyclic) bond motifs is 1. The molecule has 3 nitrogen and oxygen atoms in total. The fourth-order valence-corrected chi connectivity index (χ4v) is 2.08. The van der Waals surface area contributed by atoms with Gasteiger partial charge in [0.25, 0.3) is 0 Å². The van der Waals surface area contributed by atoms with Crippen molar-refractivity contribution in [2.75, 3.05) is 0 Å². The number of ketones is 1. The Morgan fingerprint density at radius 3 is 2.93 bits per heavy atom. The number of halogens is 1. The molecule has 0 aliphatic rings. The number of nitrogens with zero attached hydrogens (tertiary/aromatic N) is 2. The van der Waals surface area contributed by atoms with Crippen molar-refractivity contribution in [2.24, 2.45) is 7.05 Å². The molecule has 1 aromatic heterocycles. The molecule has 0 unspecified atom stereocenters. The predicted octanol–water partition coefficient (Wildman–Crippen LogP) is 2.36. The molecule has 78 valence electrons. The van der Waals surface area contributed by atoms with Crippen molar-refractivity contribution in [2.45, 2.75) is 13.3 Å². The van der Waals surface area contributed by atoms with E-state index >= 15 is 0 Å². The van der Waals surface area contributed by atoms with Crippen LogP contribution in [0.15, 0.2) is 18.2 Å². The van der Waals surface area contributed by atoms with Crippen molar-refractivity contribution in [3.05, 3.63) is 28.9 Å². The molecule has 2 aromatic rings. The molecule has 0 saturated carbocycles. The van der Waals surface area contributed by atoms with Gasteiger partial charge in [0, 0.05) is 18.9 Å². The van der Waals surface area contributed by atoms with E-state index in [2.05, 4.69) is 5.10 Å². The molecule has 0 saturated heterocycles. The van der Waals surface area contributed by atoms with E-state index in [9.17, 15) is 4.79 Å². The standard InChI is InChI=1S/C11H11ClN2O/c1-7(15)6-8-4-3-5-9-10(8)11(12)13-14(9)2/h3-5H,6H2,1-2H3. The topological polar surface area (TPSA) is 34.9 Å². The number of aromatic nitrogens is 2. The number of benzene rings is 1. The minimum Gasteiger partial charge on any atom is -0.300 e. The van der Waals surface area contributed by atoms with Gasteiger partial charge in [0.15, 0.2) is 5.15 Å². The lowest BCUT2D eigenvalue weighted by molar-refractivity contribution is -0.116. The predicted molar refractivity (Wildman–Crippen MR) is 60.1 cm³/mol. The summed E-state index contributed by atoms with van der Waals surface area (Å²) in [6.07, 6.45) is 0.406. The van der Waals surface area contributed by atoms with Gasteiger partial charge < -0.3 is 0 Å². The van der Waals surface area contributed by atoms with Crippen molar-refractivity contribution < 1.29 is 4.79 Å². The number of hydrogen-bond donors (Lipinski definition) is 0. The summed E-state index contributed by atoms with van der Waals surface area (Å²) in [5.74, 6) is 0.127. The third kappa shape index (κ3) is 1.75. The Morgan fingerprint density at radius 1 is 1.53 bits per heavy atom. The van der Waals surface area contributed by atoms with Gasteiger partial charge in [-0.3, -0.25) is 9.48 Å². The third-order valence-corrected chi connectivity index (χ3v) is 2.63. The van der Waals surface area contributed by atoms with Gasteiger partial charge >= 0.3 is 0 Å². The average Bonchev–Trinajstić information content (AvgIpc) is 2.43. The Balaban J connectivity index is 2.69. The summed E-state index contributed by atoms with van der Waals surface area (Å²) in [6.45, 7) is 1.57. The highest BCUT2D eigenvalue weighted by atomic mass is 35.5. The van der Waals surface area contributed by atoms with Crippen LogP contribution in [-0.4, -0.2) is 15.6 Å². The number of carbonyl (C=O) groups is 1. The van der Waals surface area contributed by atoms with Gasteiger partial charge in [0.2, 0.25) is 0 Å². The van der Waals surface area contributed by atoms with Crippen LogP contribution in [0, 0.1) is 0 Å². The average molecular weight is 223 g/mol. The molecule has 0 spiro atoms. The number of carbonyl (C=O) groups excluding carboxylic acids is 1. The minimum absolute atomic E-state index is 0.127. The van der Waals surface area contributed by atoms with E-state index in [0.717, 1.165) is 16.5 Å². The van der Waals surface area contributed by atoms with Gasteiger partial charge in [0.05, 0.1) is 5.52 Å². The molecular formula is C11H11ClN2O. The maximum Gasteiger partial charge on any atom is 0.159 e. The molecule has 0 radical (unpaired) electrons. The van der Waals surface area contributed by atoms with Gasteiger partial charge in [-0.25, -0.2) is 0 Å². The molecular weight excluding hydrogens is 212 g/mol. The summed E-state index contributed by atoms with van der Waals surface area (Å²) in [7, 11) is 1.84. The zero-order valence-corrected chi connectivity index (χ0v) is 9.38. The number of hydrogen-bond acceptors (Lipinski definition) is 2. The minimum atomic E-state index is 0.127. The highest BCUT2D eigenvalue weighted by molar-refractivity contribution is 6.34. The van der Waals surface area contributed by atoms with Gasteiger partial charge in [-0.05, 0) is 18.6 Å². The van der Waals surface area contributed by atoms with Gasteiger partial charge in [-0.2, -0.15) is 5.10 Å². The molecule has 0 bridgehead atoms. The molecule has 15 heavy (non-hydrogen) atoms. The Labute approximate surface area is 92.6 Å². The molecule has 0 atom stereocenters. The maximum absolute atomic E-state index is 11.1. The smallest absolute Gasteiger partial charge is 0.159 e. The first-order chi connectivity index (χ1) is 7.09. The molecule has 2 rings (SSSR count). The quantitative estimate of drug-likeness (QED) is 0.782. The lowest BCUT2D eigenvalue weighted by Crippen LogP contribution is -1.97.